The van der Waals surface area contributed by atoms with Gasteiger partial charge in [0.15, 0.2) is 18.4 Å². The Morgan fingerprint density at radius 3 is 2.44 bits per heavy atom. The summed E-state index contributed by atoms with van der Waals surface area (Å²) in [7, 11) is 0. The number of hydrogen-bond donors (Lipinski definition) is 0. The van der Waals surface area contributed by atoms with Crippen molar-refractivity contribution >= 4 is 15.9 Å². The lowest BCUT2D eigenvalue weighted by Gasteiger charge is -2.15. The standard InChI is InChI=1S/C11H11BrF4O2/c1-3-17-5-18-10-8(12)6(2)4-7(9(10)13)11(14,15)16/h4H,3,5H2,1-2H3. The number of halogens is 5. The second-order valence-corrected chi connectivity index (χ2v) is 4.24. The number of hydrogen-bond acceptors (Lipinski definition) is 2. The molecule has 0 aliphatic rings. The highest BCUT2D eigenvalue weighted by Gasteiger charge is 2.36. The maximum Gasteiger partial charge on any atom is 0.419 e. The van der Waals surface area contributed by atoms with Gasteiger partial charge in [-0.25, -0.2) is 4.39 Å². The van der Waals surface area contributed by atoms with E-state index in [1.807, 2.05) is 0 Å². The maximum atomic E-state index is 13.7. The molecule has 0 atom stereocenters. The molecule has 0 aliphatic carbocycles. The maximum absolute atomic E-state index is 13.7. The molecule has 0 heterocycles. The highest BCUT2D eigenvalue weighted by atomic mass is 79.9. The number of aryl methyl sites for hydroxylation is 1. The molecule has 0 bridgehead atoms. The molecule has 7 heteroatoms. The van der Waals surface area contributed by atoms with Crippen molar-refractivity contribution in [2.75, 3.05) is 13.4 Å². The molecule has 18 heavy (non-hydrogen) atoms. The summed E-state index contributed by atoms with van der Waals surface area (Å²) in [6.45, 7) is 3.11. The Balaban J connectivity index is 3.19. The number of ether oxygens (including phenoxy) is 2. The van der Waals surface area contributed by atoms with Gasteiger partial charge in [-0.3, -0.25) is 0 Å². The van der Waals surface area contributed by atoms with E-state index in [0.717, 1.165) is 6.07 Å². The average molecular weight is 331 g/mol. The van der Waals surface area contributed by atoms with E-state index in [0.29, 0.717) is 6.61 Å². The lowest BCUT2D eigenvalue weighted by Crippen LogP contribution is -2.12. The van der Waals surface area contributed by atoms with Crippen LogP contribution >= 0.6 is 15.9 Å². The van der Waals surface area contributed by atoms with E-state index in [2.05, 4.69) is 15.9 Å². The lowest BCUT2D eigenvalue weighted by atomic mass is 10.1. The first-order valence-corrected chi connectivity index (χ1v) is 5.84. The van der Waals surface area contributed by atoms with Crippen molar-refractivity contribution in [3.63, 3.8) is 0 Å². The molecule has 0 aliphatic heterocycles. The summed E-state index contributed by atoms with van der Waals surface area (Å²) in [6.07, 6.45) is -4.76. The summed E-state index contributed by atoms with van der Waals surface area (Å²) in [6, 6.07) is 0.729. The fourth-order valence-electron chi connectivity index (χ4n) is 1.26. The highest BCUT2D eigenvalue weighted by Crippen LogP contribution is 2.40. The Morgan fingerprint density at radius 1 is 1.33 bits per heavy atom. The molecule has 0 aromatic heterocycles. The van der Waals surface area contributed by atoms with Crippen LogP contribution in [-0.4, -0.2) is 13.4 Å². The molecule has 0 fully saturated rings. The quantitative estimate of drug-likeness (QED) is 0.466. The van der Waals surface area contributed by atoms with E-state index < -0.39 is 23.3 Å². The Kier molecular flexibility index (Phi) is 4.98. The predicted molar refractivity (Wildman–Crippen MR) is 61.0 cm³/mol. The van der Waals surface area contributed by atoms with Crippen LogP contribution in [0, 0.1) is 12.7 Å². The average Bonchev–Trinajstić information content (AvgIpc) is 2.26. The van der Waals surface area contributed by atoms with E-state index in [1.165, 1.54) is 6.92 Å². The third kappa shape index (κ3) is 3.35. The Labute approximate surface area is 110 Å². The highest BCUT2D eigenvalue weighted by molar-refractivity contribution is 9.10. The first-order chi connectivity index (χ1) is 8.29. The van der Waals surface area contributed by atoms with Crippen LogP contribution in [0.4, 0.5) is 17.6 Å². The van der Waals surface area contributed by atoms with Gasteiger partial charge in [0.2, 0.25) is 0 Å². The second-order valence-electron chi connectivity index (χ2n) is 3.45. The summed E-state index contributed by atoms with van der Waals surface area (Å²) >= 11 is 3.00. The summed E-state index contributed by atoms with van der Waals surface area (Å²) in [4.78, 5) is 0. The summed E-state index contributed by atoms with van der Waals surface area (Å²) in [5, 5.41) is 0. The molecule has 2 nitrogen and oxygen atoms in total. The number of benzene rings is 1. The molecular formula is C11H11BrF4O2. The molecule has 0 radical (unpaired) electrons. The van der Waals surface area contributed by atoms with Crippen LogP contribution < -0.4 is 4.74 Å². The van der Waals surface area contributed by atoms with Gasteiger partial charge in [-0.15, -0.1) is 0 Å². The molecule has 0 saturated carbocycles. The third-order valence-electron chi connectivity index (χ3n) is 2.14. The summed E-state index contributed by atoms with van der Waals surface area (Å²) < 4.78 is 61.3. The Hall–Kier alpha value is -0.820. The molecule has 1 rings (SSSR count). The summed E-state index contributed by atoms with van der Waals surface area (Å²) in [5.41, 5.74) is -1.12. The SMILES string of the molecule is CCOCOc1c(F)c(C(F)(F)F)cc(C)c1Br. The zero-order valence-electron chi connectivity index (χ0n) is 9.70. The lowest BCUT2D eigenvalue weighted by molar-refractivity contribution is -0.140. The molecular weight excluding hydrogens is 320 g/mol. The van der Waals surface area contributed by atoms with Gasteiger partial charge in [0.25, 0.3) is 0 Å². The minimum absolute atomic E-state index is 0.146. The minimum atomic E-state index is -4.76. The molecule has 0 unspecified atom stereocenters. The topological polar surface area (TPSA) is 18.5 Å². The van der Waals surface area contributed by atoms with Crippen molar-refractivity contribution in [1.82, 2.24) is 0 Å². The predicted octanol–water partition coefficient (Wildman–Crippen LogP) is 4.29. The van der Waals surface area contributed by atoms with Crippen molar-refractivity contribution in [2.24, 2.45) is 0 Å². The van der Waals surface area contributed by atoms with Crippen LogP contribution in [0.2, 0.25) is 0 Å². The van der Waals surface area contributed by atoms with Gasteiger partial charge >= 0.3 is 6.18 Å². The first-order valence-electron chi connectivity index (χ1n) is 5.05. The zero-order chi connectivity index (χ0) is 13.9. The van der Waals surface area contributed by atoms with Gasteiger partial charge in [0.05, 0.1) is 10.0 Å². The molecule has 0 N–H and O–H groups in total. The molecule has 1 aromatic rings. The first kappa shape index (κ1) is 15.2. The van der Waals surface area contributed by atoms with Crippen LogP contribution in [0.3, 0.4) is 0 Å². The van der Waals surface area contributed by atoms with Gasteiger partial charge in [-0.1, -0.05) is 0 Å². The molecule has 0 amide bonds. The van der Waals surface area contributed by atoms with Crippen molar-refractivity contribution in [1.29, 1.82) is 0 Å². The van der Waals surface area contributed by atoms with Gasteiger partial charge in [-0.2, -0.15) is 13.2 Å². The Bertz CT molecular complexity index is 432. The summed E-state index contributed by atoms with van der Waals surface area (Å²) in [5.74, 6) is -1.93. The molecule has 0 spiro atoms. The van der Waals surface area contributed by atoms with Crippen molar-refractivity contribution < 1.29 is 27.0 Å². The molecule has 1 aromatic carbocycles. The minimum Gasteiger partial charge on any atom is -0.463 e. The largest absolute Gasteiger partial charge is 0.463 e. The fourth-order valence-corrected chi connectivity index (χ4v) is 1.66. The van der Waals surface area contributed by atoms with Gasteiger partial charge in [0, 0.05) is 6.61 Å². The normalized spacial score (nSPS) is 11.7. The van der Waals surface area contributed by atoms with Crippen LogP contribution in [0.1, 0.15) is 18.1 Å². The van der Waals surface area contributed by atoms with E-state index in [9.17, 15) is 17.6 Å². The van der Waals surface area contributed by atoms with Crippen molar-refractivity contribution in [2.45, 2.75) is 20.0 Å². The smallest absolute Gasteiger partial charge is 0.419 e. The van der Waals surface area contributed by atoms with Gasteiger partial charge < -0.3 is 9.47 Å². The van der Waals surface area contributed by atoms with E-state index in [-0.39, 0.29) is 16.8 Å². The van der Waals surface area contributed by atoms with Gasteiger partial charge in [0.1, 0.15) is 0 Å². The third-order valence-corrected chi connectivity index (χ3v) is 3.12. The number of rotatable bonds is 4. The van der Waals surface area contributed by atoms with E-state index >= 15 is 0 Å². The fraction of sp³-hybridized carbons (Fsp3) is 0.455. The Morgan fingerprint density at radius 2 is 1.94 bits per heavy atom. The van der Waals surface area contributed by atoms with Crippen molar-refractivity contribution in [3.8, 4) is 5.75 Å². The van der Waals surface area contributed by atoms with Crippen LogP contribution in [0.25, 0.3) is 0 Å². The monoisotopic (exact) mass is 330 g/mol. The second kappa shape index (κ2) is 5.88. The van der Waals surface area contributed by atoms with Gasteiger partial charge in [-0.05, 0) is 41.4 Å². The van der Waals surface area contributed by atoms with E-state index in [4.69, 9.17) is 9.47 Å². The van der Waals surface area contributed by atoms with Crippen molar-refractivity contribution in [3.05, 3.63) is 27.5 Å². The van der Waals surface area contributed by atoms with E-state index in [1.54, 1.807) is 6.92 Å². The van der Waals surface area contributed by atoms with Crippen LogP contribution in [0.5, 0.6) is 5.75 Å². The molecule has 102 valence electrons. The zero-order valence-corrected chi connectivity index (χ0v) is 11.3. The van der Waals surface area contributed by atoms with Crippen LogP contribution in [0.15, 0.2) is 10.5 Å². The van der Waals surface area contributed by atoms with Crippen LogP contribution in [-0.2, 0) is 10.9 Å². The molecule has 0 saturated heterocycles. The number of alkyl halides is 3.